The lowest BCUT2D eigenvalue weighted by atomic mass is 9.94. The minimum Gasteiger partial charge on any atom is -0.339 e. The molecule has 1 amide bonds. The van der Waals surface area contributed by atoms with Crippen LogP contribution >= 0.6 is 0 Å². The maximum atomic E-state index is 12.5. The van der Waals surface area contributed by atoms with Crippen LogP contribution in [0.2, 0.25) is 0 Å². The number of carbonyl (C=O) groups excluding carboxylic acids is 1. The van der Waals surface area contributed by atoms with E-state index in [0.717, 1.165) is 38.1 Å². The largest absolute Gasteiger partial charge is 0.339 e. The number of carbonyl (C=O) groups is 1. The topological polar surface area (TPSA) is 38.1 Å². The van der Waals surface area contributed by atoms with Crippen molar-refractivity contribution < 1.29 is 4.79 Å². The summed E-state index contributed by atoms with van der Waals surface area (Å²) in [5.74, 6) is 1.41. The zero-order valence-electron chi connectivity index (χ0n) is 13.4. The van der Waals surface area contributed by atoms with E-state index in [1.54, 1.807) is 0 Å². The molecule has 0 unspecified atom stereocenters. The third-order valence-electron chi connectivity index (χ3n) is 4.30. The molecule has 112 valence electrons. The molecular weight excluding hydrogens is 250 g/mol. The Balaban J connectivity index is 1.98. The number of hydrogen-bond donors (Lipinski definition) is 0. The summed E-state index contributed by atoms with van der Waals surface area (Å²) in [6, 6.07) is 0.388. The molecule has 1 aromatic heterocycles. The van der Waals surface area contributed by atoms with E-state index < -0.39 is 0 Å². The van der Waals surface area contributed by atoms with Gasteiger partial charge in [0.15, 0.2) is 0 Å². The summed E-state index contributed by atoms with van der Waals surface area (Å²) in [4.78, 5) is 19.0. The van der Waals surface area contributed by atoms with Crippen LogP contribution in [0.4, 0.5) is 0 Å². The monoisotopic (exact) mass is 277 g/mol. The Labute approximate surface area is 122 Å². The van der Waals surface area contributed by atoms with Gasteiger partial charge in [-0.3, -0.25) is 4.79 Å². The van der Waals surface area contributed by atoms with E-state index >= 15 is 0 Å². The molecule has 1 aliphatic heterocycles. The summed E-state index contributed by atoms with van der Waals surface area (Å²) < 4.78 is 2.14. The van der Waals surface area contributed by atoms with Crippen molar-refractivity contribution in [3.05, 3.63) is 17.7 Å². The lowest BCUT2D eigenvalue weighted by molar-refractivity contribution is -0.140. The number of likely N-dealkylation sites (tertiary alicyclic amines) is 1. The summed E-state index contributed by atoms with van der Waals surface area (Å²) >= 11 is 0. The molecule has 0 aromatic carbocycles. The molecule has 0 radical (unpaired) electrons. The summed E-state index contributed by atoms with van der Waals surface area (Å²) in [5, 5.41) is 0. The number of aromatic nitrogens is 2. The maximum absolute atomic E-state index is 12.5. The fourth-order valence-electron chi connectivity index (χ4n) is 2.91. The Kier molecular flexibility index (Phi) is 4.21. The first-order valence-electron chi connectivity index (χ1n) is 7.59. The highest BCUT2D eigenvalue weighted by molar-refractivity contribution is 5.82. The van der Waals surface area contributed by atoms with Crippen LogP contribution in [0.15, 0.2) is 6.20 Å². The molecule has 0 bridgehead atoms. The molecule has 0 aliphatic carbocycles. The molecule has 1 saturated heterocycles. The minimum absolute atomic E-state index is 0.275. The summed E-state index contributed by atoms with van der Waals surface area (Å²) in [7, 11) is 2.06. The molecule has 0 spiro atoms. The van der Waals surface area contributed by atoms with E-state index in [4.69, 9.17) is 0 Å². The SMILES string of the molecule is Cc1cnc(CC[C@H]2CCCN2C(=O)C(C)(C)C)n1C. The normalized spacial score (nSPS) is 19.6. The highest BCUT2D eigenvalue weighted by atomic mass is 16.2. The van der Waals surface area contributed by atoms with Crippen molar-refractivity contribution in [2.45, 2.75) is 59.4 Å². The van der Waals surface area contributed by atoms with Crippen molar-refractivity contribution in [3.63, 3.8) is 0 Å². The Morgan fingerprint density at radius 3 is 2.70 bits per heavy atom. The molecule has 0 N–H and O–H groups in total. The Morgan fingerprint density at radius 2 is 2.15 bits per heavy atom. The van der Waals surface area contributed by atoms with Gasteiger partial charge in [0.25, 0.3) is 0 Å². The predicted molar refractivity (Wildman–Crippen MR) is 80.5 cm³/mol. The zero-order chi connectivity index (χ0) is 14.9. The summed E-state index contributed by atoms with van der Waals surface area (Å²) in [6.45, 7) is 9.01. The molecule has 2 heterocycles. The summed E-state index contributed by atoms with van der Waals surface area (Å²) in [6.07, 6.45) is 6.15. The van der Waals surface area contributed by atoms with Crippen LogP contribution < -0.4 is 0 Å². The third-order valence-corrected chi connectivity index (χ3v) is 4.30. The Bertz CT molecular complexity index is 484. The molecule has 1 fully saturated rings. The predicted octanol–water partition coefficient (Wildman–Crippen LogP) is 2.70. The number of hydrogen-bond acceptors (Lipinski definition) is 2. The molecule has 20 heavy (non-hydrogen) atoms. The first kappa shape index (κ1) is 15.1. The smallest absolute Gasteiger partial charge is 0.228 e. The molecule has 4 nitrogen and oxygen atoms in total. The van der Waals surface area contributed by atoms with Crippen LogP contribution in [-0.2, 0) is 18.3 Å². The average molecular weight is 277 g/mol. The van der Waals surface area contributed by atoms with E-state index in [0.29, 0.717) is 6.04 Å². The van der Waals surface area contributed by atoms with Crippen LogP contribution in [0.3, 0.4) is 0 Å². The van der Waals surface area contributed by atoms with E-state index in [9.17, 15) is 4.79 Å². The van der Waals surface area contributed by atoms with Crippen molar-refractivity contribution in [1.82, 2.24) is 14.5 Å². The number of rotatable bonds is 3. The van der Waals surface area contributed by atoms with Gasteiger partial charge in [-0.25, -0.2) is 4.98 Å². The van der Waals surface area contributed by atoms with Gasteiger partial charge in [0.2, 0.25) is 5.91 Å². The van der Waals surface area contributed by atoms with Gasteiger partial charge in [-0.1, -0.05) is 20.8 Å². The van der Waals surface area contributed by atoms with Crippen LogP contribution in [0.1, 0.15) is 51.6 Å². The van der Waals surface area contributed by atoms with Gasteiger partial charge in [0.05, 0.1) is 0 Å². The van der Waals surface area contributed by atoms with Gasteiger partial charge in [-0.15, -0.1) is 0 Å². The minimum atomic E-state index is -0.275. The number of aryl methyl sites for hydroxylation is 2. The van der Waals surface area contributed by atoms with E-state index in [2.05, 4.69) is 28.4 Å². The number of nitrogens with zero attached hydrogens (tertiary/aromatic N) is 3. The van der Waals surface area contributed by atoms with Crippen LogP contribution in [0.25, 0.3) is 0 Å². The second kappa shape index (κ2) is 5.58. The van der Waals surface area contributed by atoms with Crippen LogP contribution in [-0.4, -0.2) is 32.9 Å². The Morgan fingerprint density at radius 1 is 1.45 bits per heavy atom. The fourth-order valence-corrected chi connectivity index (χ4v) is 2.91. The average Bonchev–Trinajstić information content (AvgIpc) is 2.94. The quantitative estimate of drug-likeness (QED) is 0.852. The van der Waals surface area contributed by atoms with E-state index in [1.165, 1.54) is 5.69 Å². The van der Waals surface area contributed by atoms with Gasteiger partial charge >= 0.3 is 0 Å². The molecular formula is C16H27N3O. The molecule has 4 heteroatoms. The first-order valence-corrected chi connectivity index (χ1v) is 7.59. The van der Waals surface area contributed by atoms with E-state index in [-0.39, 0.29) is 11.3 Å². The molecule has 1 aromatic rings. The van der Waals surface area contributed by atoms with Crippen molar-refractivity contribution in [2.75, 3.05) is 6.54 Å². The van der Waals surface area contributed by atoms with Crippen molar-refractivity contribution in [3.8, 4) is 0 Å². The number of imidazole rings is 1. The van der Waals surface area contributed by atoms with E-state index in [1.807, 2.05) is 27.0 Å². The molecule has 2 rings (SSSR count). The summed E-state index contributed by atoms with van der Waals surface area (Å²) in [5.41, 5.74) is 0.914. The zero-order valence-corrected chi connectivity index (χ0v) is 13.4. The van der Waals surface area contributed by atoms with Gasteiger partial charge < -0.3 is 9.47 Å². The van der Waals surface area contributed by atoms with Crippen molar-refractivity contribution in [1.29, 1.82) is 0 Å². The maximum Gasteiger partial charge on any atom is 0.228 e. The molecule has 1 aliphatic rings. The van der Waals surface area contributed by atoms with Crippen LogP contribution in [0.5, 0.6) is 0 Å². The lowest BCUT2D eigenvalue weighted by Gasteiger charge is -2.31. The third kappa shape index (κ3) is 3.05. The second-order valence-corrected chi connectivity index (χ2v) is 6.96. The van der Waals surface area contributed by atoms with Crippen LogP contribution in [0, 0.1) is 12.3 Å². The van der Waals surface area contributed by atoms with Gasteiger partial charge in [-0.05, 0) is 26.2 Å². The lowest BCUT2D eigenvalue weighted by Crippen LogP contribution is -2.42. The fraction of sp³-hybridized carbons (Fsp3) is 0.750. The highest BCUT2D eigenvalue weighted by Crippen LogP contribution is 2.27. The first-order chi connectivity index (χ1) is 9.30. The van der Waals surface area contributed by atoms with Gasteiger partial charge in [-0.2, -0.15) is 0 Å². The standard InChI is InChI=1S/C16H27N3O/c1-12-11-17-14(18(12)5)9-8-13-7-6-10-19(13)15(20)16(2,3)4/h11,13H,6-10H2,1-5H3/t13-/m1/s1. The highest BCUT2D eigenvalue weighted by Gasteiger charge is 2.34. The van der Waals surface area contributed by atoms with Gasteiger partial charge in [0, 0.05) is 43.4 Å². The van der Waals surface area contributed by atoms with Crippen molar-refractivity contribution in [2.24, 2.45) is 12.5 Å². The molecule has 0 saturated carbocycles. The van der Waals surface area contributed by atoms with Crippen molar-refractivity contribution >= 4 is 5.91 Å². The Hall–Kier alpha value is -1.32. The van der Waals surface area contributed by atoms with Gasteiger partial charge in [0.1, 0.15) is 5.82 Å². The molecule has 1 atom stereocenters. The number of amides is 1. The second-order valence-electron chi connectivity index (χ2n) is 6.96.